The number of amides is 2. The number of carbonyl (C=O) groups is 3. The van der Waals surface area contributed by atoms with Crippen molar-refractivity contribution in [2.45, 2.75) is 31.3 Å². The molecule has 2 saturated heterocycles. The molecule has 0 aromatic carbocycles. The minimum atomic E-state index is -3.32. The fourth-order valence-corrected chi connectivity index (χ4v) is 4.07. The molecule has 0 spiro atoms. The molecule has 2 atom stereocenters. The average molecular weight is 304 g/mol. The van der Waals surface area contributed by atoms with Gasteiger partial charge in [-0.05, 0) is 6.42 Å². The number of hydrogen-bond donors (Lipinski definition) is 2. The van der Waals surface area contributed by atoms with Crippen LogP contribution in [0, 0.1) is 0 Å². The van der Waals surface area contributed by atoms with Gasteiger partial charge in [-0.25, -0.2) is 8.42 Å². The molecule has 2 unspecified atom stereocenters. The minimum Gasteiger partial charge on any atom is -0.481 e. The molecular formula is C11H16N2O6S. The Kier molecular flexibility index (Phi) is 3.98. The van der Waals surface area contributed by atoms with E-state index in [-0.39, 0.29) is 30.4 Å². The van der Waals surface area contributed by atoms with Crippen LogP contribution < -0.4 is 5.32 Å². The van der Waals surface area contributed by atoms with Crippen LogP contribution in [0.4, 0.5) is 0 Å². The van der Waals surface area contributed by atoms with E-state index in [1.54, 1.807) is 0 Å². The summed E-state index contributed by atoms with van der Waals surface area (Å²) in [6, 6.07) is -1.53. The summed E-state index contributed by atoms with van der Waals surface area (Å²) in [5.74, 6) is -2.28. The van der Waals surface area contributed by atoms with E-state index in [1.807, 2.05) is 0 Å². The van der Waals surface area contributed by atoms with Crippen LogP contribution in [0.1, 0.15) is 19.3 Å². The first-order valence-corrected chi connectivity index (χ1v) is 8.13. The molecule has 0 saturated carbocycles. The molecule has 20 heavy (non-hydrogen) atoms. The third-order valence-corrected chi connectivity index (χ3v) is 5.21. The van der Waals surface area contributed by atoms with Gasteiger partial charge in [-0.3, -0.25) is 14.4 Å². The van der Waals surface area contributed by atoms with Gasteiger partial charge in [0, 0.05) is 13.0 Å². The van der Waals surface area contributed by atoms with Crippen LogP contribution >= 0.6 is 0 Å². The van der Waals surface area contributed by atoms with Crippen LogP contribution in [0.5, 0.6) is 0 Å². The van der Waals surface area contributed by atoms with Crippen molar-refractivity contribution >= 4 is 27.6 Å². The van der Waals surface area contributed by atoms with Gasteiger partial charge >= 0.3 is 5.97 Å². The third-order valence-electron chi connectivity index (χ3n) is 3.52. The average Bonchev–Trinajstić information content (AvgIpc) is 2.73. The van der Waals surface area contributed by atoms with Crippen molar-refractivity contribution in [2.24, 2.45) is 0 Å². The molecule has 2 N–H and O–H groups in total. The van der Waals surface area contributed by atoms with Crippen molar-refractivity contribution in [3.05, 3.63) is 0 Å². The van der Waals surface area contributed by atoms with Gasteiger partial charge in [-0.1, -0.05) is 0 Å². The predicted octanol–water partition coefficient (Wildman–Crippen LogP) is -1.63. The zero-order valence-corrected chi connectivity index (χ0v) is 11.6. The quantitative estimate of drug-likeness (QED) is 0.645. The van der Waals surface area contributed by atoms with Crippen LogP contribution in [0.2, 0.25) is 0 Å². The Morgan fingerprint density at radius 2 is 2.10 bits per heavy atom. The first kappa shape index (κ1) is 14.8. The van der Waals surface area contributed by atoms with E-state index in [0.29, 0.717) is 6.42 Å². The van der Waals surface area contributed by atoms with Gasteiger partial charge in [0.2, 0.25) is 11.8 Å². The lowest BCUT2D eigenvalue weighted by molar-refractivity contribution is -0.141. The molecule has 2 heterocycles. The largest absolute Gasteiger partial charge is 0.481 e. The number of rotatable bonds is 3. The molecule has 2 amide bonds. The van der Waals surface area contributed by atoms with Crippen molar-refractivity contribution in [1.82, 2.24) is 10.2 Å². The summed E-state index contributed by atoms with van der Waals surface area (Å²) in [7, 11) is -3.32. The van der Waals surface area contributed by atoms with Crippen molar-refractivity contribution in [3.8, 4) is 0 Å². The number of carbonyl (C=O) groups excluding carboxylic acids is 2. The molecule has 0 radical (unpaired) electrons. The first-order valence-electron chi connectivity index (χ1n) is 6.30. The van der Waals surface area contributed by atoms with E-state index in [2.05, 4.69) is 5.32 Å². The van der Waals surface area contributed by atoms with Crippen LogP contribution in [0.3, 0.4) is 0 Å². The van der Waals surface area contributed by atoms with E-state index < -0.39 is 40.2 Å². The maximum atomic E-state index is 12.3. The molecule has 0 bridgehead atoms. The Morgan fingerprint density at radius 3 is 2.65 bits per heavy atom. The topological polar surface area (TPSA) is 121 Å². The maximum Gasteiger partial charge on any atom is 0.305 e. The lowest BCUT2D eigenvalue weighted by Crippen LogP contribution is -2.56. The Bertz CT molecular complexity index is 543. The Morgan fingerprint density at radius 1 is 1.40 bits per heavy atom. The molecule has 2 rings (SSSR count). The van der Waals surface area contributed by atoms with Crippen molar-refractivity contribution in [2.75, 3.05) is 18.1 Å². The van der Waals surface area contributed by atoms with E-state index in [9.17, 15) is 22.8 Å². The van der Waals surface area contributed by atoms with Crippen LogP contribution in [-0.4, -0.2) is 66.3 Å². The molecule has 0 aromatic rings. The lowest BCUT2D eigenvalue weighted by atomic mass is 10.1. The number of aliphatic carboxylic acids is 1. The number of hydrogen-bond acceptors (Lipinski definition) is 5. The number of nitrogens with one attached hydrogen (secondary N) is 1. The zero-order valence-electron chi connectivity index (χ0n) is 10.7. The second-order valence-corrected chi connectivity index (χ2v) is 7.29. The van der Waals surface area contributed by atoms with E-state index >= 15 is 0 Å². The normalized spacial score (nSPS) is 29.0. The molecule has 0 aliphatic carbocycles. The Hall–Kier alpha value is -1.64. The molecule has 112 valence electrons. The molecule has 2 aliphatic heterocycles. The van der Waals surface area contributed by atoms with Gasteiger partial charge in [0.05, 0.1) is 24.0 Å². The van der Waals surface area contributed by atoms with Gasteiger partial charge in [-0.2, -0.15) is 0 Å². The van der Waals surface area contributed by atoms with E-state index in [0.717, 1.165) is 0 Å². The fourth-order valence-electron chi connectivity index (χ4n) is 2.55. The van der Waals surface area contributed by atoms with Gasteiger partial charge in [0.1, 0.15) is 6.04 Å². The summed E-state index contributed by atoms with van der Waals surface area (Å²) in [4.78, 5) is 35.5. The van der Waals surface area contributed by atoms with E-state index in [4.69, 9.17) is 5.11 Å². The van der Waals surface area contributed by atoms with Gasteiger partial charge in [0.25, 0.3) is 0 Å². The highest BCUT2D eigenvalue weighted by atomic mass is 32.2. The summed E-state index contributed by atoms with van der Waals surface area (Å²) < 4.78 is 23.2. The fraction of sp³-hybridized carbons (Fsp3) is 0.727. The highest BCUT2D eigenvalue weighted by Crippen LogP contribution is 2.19. The van der Waals surface area contributed by atoms with Gasteiger partial charge < -0.3 is 15.3 Å². The molecule has 0 aromatic heterocycles. The number of carboxylic acids is 1. The smallest absolute Gasteiger partial charge is 0.305 e. The van der Waals surface area contributed by atoms with Crippen LogP contribution in [-0.2, 0) is 24.2 Å². The lowest BCUT2D eigenvalue weighted by Gasteiger charge is -2.36. The summed E-state index contributed by atoms with van der Waals surface area (Å²) >= 11 is 0. The van der Waals surface area contributed by atoms with Gasteiger partial charge in [0.15, 0.2) is 9.84 Å². The molecule has 9 heteroatoms. The Labute approximate surface area is 116 Å². The standard InChI is InChI=1S/C11H16N2O6S/c14-9-2-1-8(12-9)11(17)13-3-4-20(18,19)6-7(13)5-10(15)16/h7-8H,1-6H2,(H,12,14)(H,15,16). The molecule has 2 aliphatic rings. The molecule has 8 nitrogen and oxygen atoms in total. The number of carboxylic acid groups (broad SMARTS) is 1. The second kappa shape index (κ2) is 5.39. The van der Waals surface area contributed by atoms with Crippen molar-refractivity contribution in [3.63, 3.8) is 0 Å². The van der Waals surface area contributed by atoms with Crippen LogP contribution in [0.15, 0.2) is 0 Å². The van der Waals surface area contributed by atoms with Crippen molar-refractivity contribution < 1.29 is 27.9 Å². The third kappa shape index (κ3) is 3.27. The monoisotopic (exact) mass is 304 g/mol. The predicted molar refractivity (Wildman–Crippen MR) is 67.6 cm³/mol. The second-order valence-electron chi connectivity index (χ2n) is 5.06. The summed E-state index contributed by atoms with van der Waals surface area (Å²) in [6.45, 7) is -0.0223. The molecular weight excluding hydrogens is 288 g/mol. The summed E-state index contributed by atoms with van der Waals surface area (Å²) in [6.07, 6.45) is 0.207. The minimum absolute atomic E-state index is 0.0223. The SMILES string of the molecule is O=C(O)CC1CS(=O)(=O)CCN1C(=O)C1CCC(=O)N1. The zero-order chi connectivity index (χ0) is 14.9. The Balaban J connectivity index is 2.13. The maximum absolute atomic E-state index is 12.3. The highest BCUT2D eigenvalue weighted by Gasteiger charge is 2.39. The molecule has 2 fully saturated rings. The van der Waals surface area contributed by atoms with Crippen molar-refractivity contribution in [1.29, 1.82) is 0 Å². The van der Waals surface area contributed by atoms with Crippen LogP contribution in [0.25, 0.3) is 0 Å². The summed E-state index contributed by atoms with van der Waals surface area (Å²) in [5, 5.41) is 11.4. The van der Waals surface area contributed by atoms with Gasteiger partial charge in [-0.15, -0.1) is 0 Å². The number of nitrogens with zero attached hydrogens (tertiary/aromatic N) is 1. The highest BCUT2D eigenvalue weighted by molar-refractivity contribution is 7.91. The van der Waals surface area contributed by atoms with E-state index in [1.165, 1.54) is 4.90 Å². The first-order chi connectivity index (χ1) is 9.28. The number of sulfone groups is 1. The summed E-state index contributed by atoms with van der Waals surface area (Å²) in [5.41, 5.74) is 0.